The molecule has 33 heteroatoms. The van der Waals surface area contributed by atoms with Crippen LogP contribution in [0, 0.1) is 0 Å². The van der Waals surface area contributed by atoms with Crippen LogP contribution in [0.5, 0.6) is 0 Å². The van der Waals surface area contributed by atoms with Gasteiger partial charge in [0.15, 0.2) is 18.8 Å². The normalized spacial score (nSPS) is 39.8. The Morgan fingerprint density at radius 1 is 0.900 bits per heavy atom. The van der Waals surface area contributed by atoms with Crippen molar-refractivity contribution in [3.05, 3.63) is 22.7 Å². The Balaban J connectivity index is 1.21. The second-order valence-electron chi connectivity index (χ2n) is 16.6. The second kappa shape index (κ2) is 25.3. The Hall–Kier alpha value is -2.29. The number of esters is 1. The van der Waals surface area contributed by atoms with Gasteiger partial charge in [0.05, 0.1) is 36.7 Å². The van der Waals surface area contributed by atoms with Crippen LogP contribution in [-0.2, 0) is 56.4 Å². The van der Waals surface area contributed by atoms with Crippen molar-refractivity contribution in [2.75, 3.05) is 49.9 Å². The van der Waals surface area contributed by atoms with Gasteiger partial charge in [-0.25, -0.2) is 18.7 Å². The summed E-state index contributed by atoms with van der Waals surface area (Å²) < 4.78 is 62.7. The van der Waals surface area contributed by atoms with Crippen LogP contribution in [0.4, 0.5) is 5.82 Å². The van der Waals surface area contributed by atoms with Crippen molar-refractivity contribution in [3.8, 4) is 0 Å². The maximum atomic E-state index is 13.6. The summed E-state index contributed by atoms with van der Waals surface area (Å²) in [5, 5.41) is 125. The predicted molar refractivity (Wildman–Crippen MR) is 233 cm³/mol. The Kier molecular flexibility index (Phi) is 21.2. The average molecular weight is 1070 g/mol. The molecular weight excluding hydrogens is 1010 g/mol. The van der Waals surface area contributed by atoms with Gasteiger partial charge < -0.3 is 111 Å². The number of carbonyl (C=O) groups is 2. The molecule has 0 bridgehead atoms. The number of rotatable bonds is 23. The summed E-state index contributed by atoms with van der Waals surface area (Å²) in [7, 11) is -4.55. The number of nitrogens with zero attached hydrogens (tertiary/aromatic N) is 2. The number of hydrogen-bond acceptors (Lipinski definition) is 29. The van der Waals surface area contributed by atoms with E-state index in [4.69, 9.17) is 53.7 Å². The van der Waals surface area contributed by atoms with Crippen LogP contribution in [0.2, 0.25) is 0 Å². The van der Waals surface area contributed by atoms with E-state index in [2.05, 4.69) is 4.98 Å². The molecule has 4 aliphatic rings. The van der Waals surface area contributed by atoms with Crippen molar-refractivity contribution in [2.45, 2.75) is 147 Å². The number of ether oxygens (including phenoxy) is 7. The van der Waals surface area contributed by atoms with Gasteiger partial charge in [-0.15, -0.1) is 11.8 Å². The highest BCUT2D eigenvalue weighted by atomic mass is 32.2. The summed E-state index contributed by atoms with van der Waals surface area (Å²) in [5.41, 5.74) is 10.6. The number of carboxylic acid groups (broad SMARTS) is 1. The van der Waals surface area contributed by atoms with Gasteiger partial charge in [-0.2, -0.15) is 16.7 Å². The first-order chi connectivity index (χ1) is 32.9. The minimum absolute atomic E-state index is 0.0260. The van der Waals surface area contributed by atoms with Crippen LogP contribution in [0.15, 0.2) is 17.1 Å². The van der Waals surface area contributed by atoms with Gasteiger partial charge in [0.25, 0.3) is 5.79 Å². The number of carbonyl (C=O) groups excluding carboxylic acids is 1. The quantitative estimate of drug-likeness (QED) is 0.0275. The summed E-state index contributed by atoms with van der Waals surface area (Å²) >= 11 is 1.83. The largest absolute Gasteiger partial charge is 0.477 e. The molecule has 17 N–H and O–H groups in total. The van der Waals surface area contributed by atoms with Crippen molar-refractivity contribution in [3.63, 3.8) is 0 Å². The third-order valence-corrected chi connectivity index (χ3v) is 15.2. The highest BCUT2D eigenvalue weighted by Crippen LogP contribution is 2.53. The maximum Gasteiger partial charge on any atom is 0.475 e. The van der Waals surface area contributed by atoms with E-state index in [1.54, 1.807) is 0 Å². The molecule has 22 atom stereocenters. The number of aliphatic hydroxyl groups excluding tert-OH is 11. The molecule has 1 aromatic rings. The summed E-state index contributed by atoms with van der Waals surface area (Å²) in [6, 6.07) is -0.528. The van der Waals surface area contributed by atoms with Gasteiger partial charge in [0.2, 0.25) is 0 Å². The number of hydrogen-bond donors (Lipinski definition) is 15. The third kappa shape index (κ3) is 13.5. The lowest BCUT2D eigenvalue weighted by atomic mass is 9.89. The lowest BCUT2D eigenvalue weighted by Gasteiger charge is -2.49. The fourth-order valence-electron chi connectivity index (χ4n) is 7.81. The minimum Gasteiger partial charge on any atom is -0.477 e. The Labute approximate surface area is 405 Å². The van der Waals surface area contributed by atoms with Crippen molar-refractivity contribution in [1.82, 2.24) is 9.55 Å². The number of phosphoric ester groups is 1. The van der Waals surface area contributed by atoms with E-state index >= 15 is 0 Å². The molecule has 70 heavy (non-hydrogen) atoms. The van der Waals surface area contributed by atoms with Crippen molar-refractivity contribution < 1.29 is 123 Å². The standard InChI is InChI=1S/C37H61N4O26PS2/c1-13(43)60-10-16-29(25(50)28(53)33(59-2)63-16)65-34-27(52)24(49)22(47)17(64-34)12-69-7-3-4-8-70-31-23(48)19(39)30(20(45)14(44)9-42)66-37(31,35(54)55)67-68(57,58)61-11-15-21(46)26(51)32(62-15)41-6-5-18(38)40-36(41)56/h5-6,14-17,19-34,42,44-53H,3-4,7-12,39H2,1-2H3,(H,54,55)(H,57,58)(H2,38,40,56)/t14-,15-,16-,17-,19-,20-,21-,22+,23-,24+,25-,26-,27-,28-,29+,30-,31-,32-,33-,34+,37-/m1/s1. The van der Waals surface area contributed by atoms with E-state index in [0.29, 0.717) is 23.9 Å². The third-order valence-electron chi connectivity index (χ3n) is 11.6. The van der Waals surface area contributed by atoms with Crippen LogP contribution in [0.3, 0.4) is 0 Å². The molecule has 0 amide bonds. The van der Waals surface area contributed by atoms with E-state index in [9.17, 15) is 85.1 Å². The molecule has 1 aromatic heterocycles. The zero-order valence-corrected chi connectivity index (χ0v) is 39.8. The second-order valence-corrected chi connectivity index (χ2v) is 20.3. The average Bonchev–Trinajstić information content (AvgIpc) is 3.59. The summed E-state index contributed by atoms with van der Waals surface area (Å²) in [6.07, 6.45) is -29.3. The maximum absolute atomic E-state index is 13.6. The molecule has 0 saturated carbocycles. The van der Waals surface area contributed by atoms with Gasteiger partial charge >= 0.3 is 25.5 Å². The van der Waals surface area contributed by atoms with Crippen LogP contribution in [-0.4, -0.2) is 253 Å². The number of aliphatic carboxylic acids is 1. The van der Waals surface area contributed by atoms with E-state index in [0.717, 1.165) is 17.7 Å². The molecule has 5 rings (SSSR count). The molecule has 0 spiro atoms. The monoisotopic (exact) mass is 1070 g/mol. The number of carboxylic acids is 1. The zero-order chi connectivity index (χ0) is 52.0. The number of nitrogen functional groups attached to an aromatic ring is 1. The fourth-order valence-corrected chi connectivity index (χ4v) is 11.4. The van der Waals surface area contributed by atoms with E-state index < -0.39 is 173 Å². The number of aromatic nitrogens is 2. The van der Waals surface area contributed by atoms with Crippen molar-refractivity contribution >= 4 is 49.1 Å². The minimum atomic E-state index is -5.74. The van der Waals surface area contributed by atoms with Crippen molar-refractivity contribution in [1.29, 1.82) is 0 Å². The predicted octanol–water partition coefficient (Wildman–Crippen LogP) is -7.38. The molecule has 0 aromatic carbocycles. The number of phosphoric acid groups is 1. The molecule has 0 aliphatic carbocycles. The topological polar surface area (TPSA) is 484 Å². The Morgan fingerprint density at radius 3 is 2.17 bits per heavy atom. The number of unbranched alkanes of at least 4 members (excludes halogenated alkanes) is 1. The lowest BCUT2D eigenvalue weighted by Crippen LogP contribution is -2.72. The first-order valence-electron chi connectivity index (χ1n) is 21.5. The lowest BCUT2D eigenvalue weighted by molar-refractivity contribution is -0.354. The van der Waals surface area contributed by atoms with Gasteiger partial charge in [0.1, 0.15) is 91.8 Å². The summed E-state index contributed by atoms with van der Waals surface area (Å²) in [5.74, 6) is -6.20. The smallest absolute Gasteiger partial charge is 0.475 e. The molecule has 30 nitrogen and oxygen atoms in total. The molecular formula is C37H61N4O26PS2. The molecule has 5 heterocycles. The van der Waals surface area contributed by atoms with Crippen LogP contribution in [0.1, 0.15) is 26.0 Å². The highest BCUT2D eigenvalue weighted by Gasteiger charge is 2.64. The summed E-state index contributed by atoms with van der Waals surface area (Å²) in [4.78, 5) is 51.4. The fraction of sp³-hybridized carbons (Fsp3) is 0.838. The van der Waals surface area contributed by atoms with Gasteiger partial charge in [-0.1, -0.05) is 0 Å². The van der Waals surface area contributed by atoms with Crippen LogP contribution < -0.4 is 17.2 Å². The molecule has 4 fully saturated rings. The number of nitrogens with two attached hydrogens (primary N) is 2. The van der Waals surface area contributed by atoms with Crippen molar-refractivity contribution in [2.24, 2.45) is 5.73 Å². The van der Waals surface area contributed by atoms with E-state index in [-0.39, 0.29) is 23.7 Å². The number of anilines is 1. The SMILES string of the molecule is CO[C@@H]1O[C@H](COC(C)=O)[C@H](O[C@@H]2O[C@H](CSCCCCS[C@@H]3[C@H](O)[C@@H](N)[C@H]([C@H](O)[C@H](O)CO)O[C@]3(OP(=O)(O)OC[C@H]3O[C@@H](n4ccc(N)nc4=O)[C@H](O)[C@@H]3O)C(=O)O)[C@H](O)[C@H](O)[C@H]2O)[C@H](O)[C@H]1O. The number of methoxy groups -OCH3 is 1. The number of thioether (sulfide) groups is 2. The Morgan fingerprint density at radius 2 is 1.54 bits per heavy atom. The van der Waals surface area contributed by atoms with E-state index in [1.165, 1.54) is 24.9 Å². The molecule has 4 saturated heterocycles. The molecule has 1 unspecified atom stereocenters. The van der Waals surface area contributed by atoms with Gasteiger partial charge in [-0.3, -0.25) is 13.9 Å². The molecule has 0 radical (unpaired) electrons. The first-order valence-corrected chi connectivity index (χ1v) is 25.2. The van der Waals surface area contributed by atoms with E-state index in [1.807, 2.05) is 0 Å². The van der Waals surface area contributed by atoms with Gasteiger partial charge in [0, 0.05) is 26.0 Å². The molecule has 402 valence electrons. The Bertz CT molecular complexity index is 1990. The van der Waals surface area contributed by atoms with Gasteiger partial charge in [-0.05, 0) is 30.4 Å². The zero-order valence-electron chi connectivity index (χ0n) is 37.3. The number of aliphatic hydroxyl groups is 11. The molecule has 4 aliphatic heterocycles. The highest BCUT2D eigenvalue weighted by molar-refractivity contribution is 8.00. The van der Waals surface area contributed by atoms with Crippen LogP contribution >= 0.6 is 31.3 Å². The van der Waals surface area contributed by atoms with Crippen LogP contribution in [0.25, 0.3) is 0 Å². The first kappa shape index (κ1) is 58.6. The summed E-state index contributed by atoms with van der Waals surface area (Å²) in [6.45, 7) is -1.54.